The molecule has 5 heteroatoms. The van der Waals surface area contributed by atoms with Crippen molar-refractivity contribution in [3.63, 3.8) is 0 Å². The molecule has 0 unspecified atom stereocenters. The summed E-state index contributed by atoms with van der Waals surface area (Å²) in [7, 11) is 1.14. The fourth-order valence-corrected chi connectivity index (χ4v) is 0.209. The normalized spacial score (nSPS) is 10.0. The summed E-state index contributed by atoms with van der Waals surface area (Å²) in [4.78, 5) is 0. The first-order valence-corrected chi connectivity index (χ1v) is 2.10. The molecule has 1 nitrogen and oxygen atoms in total. The molecule has 58 valence electrons. The Morgan fingerprint density at radius 1 is 1.50 bits per heavy atom. The monoisotopic (exact) mass is 377 g/mol. The van der Waals surface area contributed by atoms with Crippen molar-refractivity contribution in [2.45, 2.75) is 6.18 Å². The fourth-order valence-electron chi connectivity index (χ4n) is 0.209. The van der Waals surface area contributed by atoms with Gasteiger partial charge in [-0.2, -0.15) is 13.2 Å². The molecule has 10 heavy (non-hydrogen) atoms. The largest absolute Gasteiger partial charge is 0.445 e. The average Bonchev–Trinajstić information content (AvgIpc) is 1.64. The molecule has 0 aromatic carbocycles. The second kappa shape index (κ2) is 5.11. The van der Waals surface area contributed by atoms with Crippen LogP contribution in [-0.4, -0.2) is 13.3 Å². The summed E-state index contributed by atoms with van der Waals surface area (Å²) in [6, 6.07) is 0. The average molecular weight is 377 g/mol. The van der Waals surface area contributed by atoms with E-state index in [1.807, 2.05) is 0 Å². The number of hydrogen-bond acceptors (Lipinski definition) is 1. The van der Waals surface area contributed by atoms with E-state index < -0.39 is 11.7 Å². The van der Waals surface area contributed by atoms with Crippen LogP contribution in [0.15, 0.2) is 12.2 Å². The first kappa shape index (κ1) is 13.0. The first-order valence-electron chi connectivity index (χ1n) is 2.10. The second-order valence-electron chi connectivity index (χ2n) is 1.38. The van der Waals surface area contributed by atoms with Crippen LogP contribution in [0, 0.1) is 37.7 Å². The van der Waals surface area contributed by atoms with Gasteiger partial charge in [0.15, 0.2) is 0 Å². The molecule has 0 fully saturated rings. The van der Waals surface area contributed by atoms with Crippen molar-refractivity contribution in [1.29, 1.82) is 0 Å². The Balaban J connectivity index is 0. The third kappa shape index (κ3) is 5.22. The fraction of sp³-hybridized carbons (Fsp3) is 0.400. The zero-order chi connectivity index (χ0) is 7.49. The molecule has 0 aromatic rings. The van der Waals surface area contributed by atoms with Crippen LogP contribution < -0.4 is 0 Å². The van der Waals surface area contributed by atoms with Gasteiger partial charge in [0.05, 0.1) is 0 Å². The zero-order valence-electron chi connectivity index (χ0n) is 5.33. The van der Waals surface area contributed by atoms with Crippen LogP contribution in [0.1, 0.15) is 0 Å². The molecule has 0 heterocycles. The van der Waals surface area contributed by atoms with Gasteiger partial charge >= 0.3 is 6.18 Å². The molecule has 0 aromatic heterocycles. The molecule has 0 aliphatic rings. The van der Waals surface area contributed by atoms with Crippen molar-refractivity contribution in [3.8, 4) is 0 Å². The second-order valence-corrected chi connectivity index (χ2v) is 1.38. The Labute approximate surface area is 81.0 Å². The number of halogens is 3. The van der Waals surface area contributed by atoms with Gasteiger partial charge in [0, 0.05) is 38.2 Å². The van der Waals surface area contributed by atoms with E-state index in [0.717, 1.165) is 7.11 Å². The number of ether oxygens (including phenoxy) is 1. The van der Waals surface area contributed by atoms with E-state index in [1.165, 1.54) is 0 Å². The summed E-state index contributed by atoms with van der Waals surface area (Å²) in [5.74, 6) is 0. The van der Waals surface area contributed by atoms with Crippen molar-refractivity contribution >= 4 is 0 Å². The molecule has 0 saturated heterocycles. The van der Waals surface area contributed by atoms with Gasteiger partial charge in [0.2, 0.25) is 0 Å². The SMILES string of the molecule is C=C([CH-]OC)C(F)(F)F.[U]. The van der Waals surface area contributed by atoms with Crippen molar-refractivity contribution in [1.82, 2.24) is 0 Å². The van der Waals surface area contributed by atoms with E-state index in [4.69, 9.17) is 0 Å². The predicted octanol–water partition coefficient (Wildman–Crippen LogP) is 1.91. The summed E-state index contributed by atoms with van der Waals surface area (Å²) >= 11 is 0. The molecular weight excluding hydrogens is 371 g/mol. The quantitative estimate of drug-likeness (QED) is 0.669. The topological polar surface area (TPSA) is 9.23 Å². The van der Waals surface area contributed by atoms with Crippen LogP contribution in [0.4, 0.5) is 13.2 Å². The minimum Gasteiger partial charge on any atom is -0.445 e. The number of hydrogen-bond donors (Lipinski definition) is 0. The third-order valence-corrected chi connectivity index (χ3v) is 0.624. The molecule has 0 N–H and O–H groups in total. The van der Waals surface area contributed by atoms with Gasteiger partial charge in [0.1, 0.15) is 0 Å². The van der Waals surface area contributed by atoms with Gasteiger partial charge < -0.3 is 4.74 Å². The molecule has 0 radical (unpaired) electrons. The van der Waals surface area contributed by atoms with E-state index >= 15 is 0 Å². The maximum atomic E-state index is 11.4. The van der Waals surface area contributed by atoms with E-state index in [9.17, 15) is 13.2 Å². The Morgan fingerprint density at radius 3 is 2.00 bits per heavy atom. The summed E-state index contributed by atoms with van der Waals surface area (Å²) in [5, 5.41) is 0. The molecule has 0 spiro atoms. The van der Waals surface area contributed by atoms with Gasteiger partial charge in [-0.15, -0.1) is 6.61 Å². The molecule has 0 amide bonds. The minimum absolute atomic E-state index is 0. The maximum absolute atomic E-state index is 11.4. The molecule has 0 bridgehead atoms. The Morgan fingerprint density at radius 2 is 1.90 bits per heavy atom. The zero-order valence-corrected chi connectivity index (χ0v) is 9.49. The molecule has 0 atom stereocenters. The van der Waals surface area contributed by atoms with Crippen molar-refractivity contribution in [2.24, 2.45) is 0 Å². The van der Waals surface area contributed by atoms with Crippen molar-refractivity contribution < 1.29 is 49.0 Å². The summed E-state index contributed by atoms with van der Waals surface area (Å²) in [6.07, 6.45) is -4.37. The molecular formula is C5H6F3OU-. The minimum atomic E-state index is -4.37. The van der Waals surface area contributed by atoms with E-state index in [1.54, 1.807) is 0 Å². The van der Waals surface area contributed by atoms with Gasteiger partial charge in [0.25, 0.3) is 0 Å². The van der Waals surface area contributed by atoms with Gasteiger partial charge in [-0.25, -0.2) is 6.58 Å². The smallest absolute Gasteiger partial charge is 0.386 e. The predicted molar refractivity (Wildman–Crippen MR) is 26.5 cm³/mol. The van der Waals surface area contributed by atoms with Crippen LogP contribution in [-0.2, 0) is 4.74 Å². The molecule has 0 aliphatic carbocycles. The third-order valence-electron chi connectivity index (χ3n) is 0.624. The first-order chi connectivity index (χ1) is 3.98. The van der Waals surface area contributed by atoms with E-state index in [0.29, 0.717) is 6.61 Å². The van der Waals surface area contributed by atoms with Crippen LogP contribution in [0.5, 0.6) is 0 Å². The van der Waals surface area contributed by atoms with E-state index in [2.05, 4.69) is 11.3 Å². The van der Waals surface area contributed by atoms with Crippen molar-refractivity contribution in [2.75, 3.05) is 7.11 Å². The summed E-state index contributed by atoms with van der Waals surface area (Å²) in [6.45, 7) is 3.27. The van der Waals surface area contributed by atoms with Gasteiger partial charge in [-0.05, 0) is 0 Å². The standard InChI is InChI=1S/C5H6F3O.U/c1-4(3-9-2)5(6,7)8;/h3H,1H2,2H3;/q-1;. The van der Waals surface area contributed by atoms with Gasteiger partial charge in [-0.1, -0.05) is 5.57 Å². The van der Waals surface area contributed by atoms with Gasteiger partial charge in [-0.3, -0.25) is 0 Å². The Bertz CT molecular complexity index is 110. The Hall–Kier alpha value is 0.412. The van der Waals surface area contributed by atoms with Crippen LogP contribution in [0.25, 0.3) is 0 Å². The Kier molecular flexibility index (Phi) is 6.67. The summed E-state index contributed by atoms with van der Waals surface area (Å²) < 4.78 is 38.4. The number of rotatable bonds is 2. The number of alkyl halides is 3. The van der Waals surface area contributed by atoms with Crippen LogP contribution in [0.3, 0.4) is 0 Å². The van der Waals surface area contributed by atoms with E-state index in [-0.39, 0.29) is 31.1 Å². The van der Waals surface area contributed by atoms with Crippen LogP contribution >= 0.6 is 0 Å². The van der Waals surface area contributed by atoms with Crippen LogP contribution in [0.2, 0.25) is 0 Å². The molecule has 0 aliphatic heterocycles. The van der Waals surface area contributed by atoms with Crippen molar-refractivity contribution in [3.05, 3.63) is 18.8 Å². The number of methoxy groups -OCH3 is 1. The molecule has 0 saturated carbocycles. The summed E-state index contributed by atoms with van der Waals surface area (Å²) in [5.41, 5.74) is -0.981. The maximum Gasteiger partial charge on any atom is 0.386 e. The molecule has 0 rings (SSSR count).